The van der Waals surface area contributed by atoms with E-state index in [1.807, 2.05) is 85.5 Å². The molecular formula is C28H26N2O4. The Kier molecular flexibility index (Phi) is 4.49. The van der Waals surface area contributed by atoms with E-state index in [2.05, 4.69) is 5.32 Å². The highest BCUT2D eigenvalue weighted by atomic mass is 16.5. The summed E-state index contributed by atoms with van der Waals surface area (Å²) in [5, 5.41) is 3.08. The molecular weight excluding hydrogens is 428 g/mol. The normalized spacial score (nSPS) is 26.9. The fourth-order valence-corrected chi connectivity index (χ4v) is 6.13. The Morgan fingerprint density at radius 3 is 2.62 bits per heavy atom. The lowest BCUT2D eigenvalue weighted by atomic mass is 9.73. The Morgan fingerprint density at radius 2 is 1.85 bits per heavy atom. The Labute approximate surface area is 198 Å². The molecule has 0 bridgehead atoms. The van der Waals surface area contributed by atoms with Gasteiger partial charge in [-0.1, -0.05) is 42.0 Å². The van der Waals surface area contributed by atoms with Crippen molar-refractivity contribution in [3.63, 3.8) is 0 Å². The number of aryl methyl sites for hydroxylation is 1. The van der Waals surface area contributed by atoms with Gasteiger partial charge in [-0.3, -0.25) is 9.59 Å². The molecule has 4 atom stereocenters. The van der Waals surface area contributed by atoms with Crippen molar-refractivity contribution in [3.8, 4) is 11.5 Å². The van der Waals surface area contributed by atoms with Gasteiger partial charge in [0.25, 0.3) is 11.8 Å². The average Bonchev–Trinajstić information content (AvgIpc) is 3.10. The van der Waals surface area contributed by atoms with E-state index >= 15 is 0 Å². The van der Waals surface area contributed by atoms with Crippen LogP contribution in [0.4, 0.5) is 5.69 Å². The highest BCUT2D eigenvalue weighted by molar-refractivity contribution is 6.12. The van der Waals surface area contributed by atoms with Crippen LogP contribution in [0.1, 0.15) is 45.9 Å². The van der Waals surface area contributed by atoms with Gasteiger partial charge in [0.2, 0.25) is 0 Å². The fraction of sp³-hybridized carbons (Fsp3) is 0.286. The molecule has 3 aromatic carbocycles. The van der Waals surface area contributed by atoms with E-state index < -0.39 is 5.54 Å². The highest BCUT2D eigenvalue weighted by Gasteiger charge is 2.65. The van der Waals surface area contributed by atoms with Gasteiger partial charge in [-0.2, -0.15) is 0 Å². The van der Waals surface area contributed by atoms with E-state index in [1.165, 1.54) is 0 Å². The Morgan fingerprint density at radius 1 is 1.06 bits per heavy atom. The predicted octanol–water partition coefficient (Wildman–Crippen LogP) is 4.70. The molecule has 0 unspecified atom stereocenters. The first kappa shape index (κ1) is 20.8. The van der Waals surface area contributed by atoms with Gasteiger partial charge >= 0.3 is 0 Å². The zero-order chi connectivity index (χ0) is 23.6. The number of carbonyl (C=O) groups excluding carboxylic acids is 2. The molecule has 34 heavy (non-hydrogen) atoms. The number of hydrogen-bond acceptors (Lipinski definition) is 4. The van der Waals surface area contributed by atoms with Crippen LogP contribution in [0.3, 0.4) is 0 Å². The van der Waals surface area contributed by atoms with Crippen molar-refractivity contribution in [2.45, 2.75) is 31.3 Å². The van der Waals surface area contributed by atoms with E-state index in [0.717, 1.165) is 16.7 Å². The summed E-state index contributed by atoms with van der Waals surface area (Å²) in [6, 6.07) is 21.0. The monoisotopic (exact) mass is 454 g/mol. The van der Waals surface area contributed by atoms with Crippen LogP contribution in [0.15, 0.2) is 66.7 Å². The van der Waals surface area contributed by atoms with Gasteiger partial charge in [-0.25, -0.2) is 0 Å². The molecule has 6 heteroatoms. The molecule has 1 saturated heterocycles. The quantitative estimate of drug-likeness (QED) is 0.609. The van der Waals surface area contributed by atoms with E-state index in [9.17, 15) is 9.59 Å². The summed E-state index contributed by atoms with van der Waals surface area (Å²) in [4.78, 5) is 30.1. The minimum Gasteiger partial charge on any atom is -0.497 e. The topological polar surface area (TPSA) is 67.9 Å². The van der Waals surface area contributed by atoms with Gasteiger partial charge in [0, 0.05) is 23.5 Å². The van der Waals surface area contributed by atoms with Crippen molar-refractivity contribution in [2.24, 2.45) is 5.92 Å². The van der Waals surface area contributed by atoms with Crippen molar-refractivity contribution < 1.29 is 19.1 Å². The standard InChI is InChI=1S/C28H26N2O4/c1-16-9-12-22-20(13-16)26(31)30-25-19-11-10-18(33-3)14-23(19)34-15-21(25)24(17-7-5-4-6-8-17)28(30,2)27(32)29-22/h4-14,21,24-25H,15H2,1-3H3,(H,29,32)/t21-,24+,25+,28-/m1/s1. The third-order valence-corrected chi connectivity index (χ3v) is 7.68. The Hall–Kier alpha value is -3.80. The molecule has 0 saturated carbocycles. The average molecular weight is 455 g/mol. The lowest BCUT2D eigenvalue weighted by Gasteiger charge is -2.38. The summed E-state index contributed by atoms with van der Waals surface area (Å²) >= 11 is 0. The predicted molar refractivity (Wildman–Crippen MR) is 128 cm³/mol. The van der Waals surface area contributed by atoms with E-state index in [1.54, 1.807) is 7.11 Å². The first-order chi connectivity index (χ1) is 16.4. The summed E-state index contributed by atoms with van der Waals surface area (Å²) in [6.07, 6.45) is 0. The van der Waals surface area contributed by atoms with E-state index in [0.29, 0.717) is 29.4 Å². The zero-order valence-corrected chi connectivity index (χ0v) is 19.4. The fourth-order valence-electron chi connectivity index (χ4n) is 6.13. The van der Waals surface area contributed by atoms with Crippen LogP contribution < -0.4 is 14.8 Å². The largest absolute Gasteiger partial charge is 0.497 e. The molecule has 172 valence electrons. The first-order valence-electron chi connectivity index (χ1n) is 11.5. The molecule has 6 rings (SSSR count). The van der Waals surface area contributed by atoms with Crippen molar-refractivity contribution in [1.82, 2.24) is 4.90 Å². The number of ether oxygens (including phenoxy) is 2. The molecule has 1 N–H and O–H groups in total. The lowest BCUT2D eigenvalue weighted by molar-refractivity contribution is -0.125. The number of fused-ring (bicyclic) bond motifs is 6. The maximum atomic E-state index is 14.3. The number of benzene rings is 3. The number of amides is 2. The minimum absolute atomic E-state index is 0.0886. The summed E-state index contributed by atoms with van der Waals surface area (Å²) in [6.45, 7) is 4.25. The SMILES string of the molecule is COc1ccc2c(c1)OC[C@H]1[C@H]2N2C(=O)c3cc(C)ccc3NC(=O)[C@@]2(C)[C@H]1c1ccccc1. The molecule has 3 aliphatic heterocycles. The minimum atomic E-state index is -1.11. The summed E-state index contributed by atoms with van der Waals surface area (Å²) in [5.74, 6) is 0.734. The van der Waals surface area contributed by atoms with Crippen molar-refractivity contribution in [2.75, 3.05) is 19.0 Å². The Bertz CT molecular complexity index is 1320. The number of carbonyl (C=O) groups is 2. The summed E-state index contributed by atoms with van der Waals surface area (Å²) in [7, 11) is 1.62. The molecule has 3 heterocycles. The van der Waals surface area contributed by atoms with Gasteiger partial charge in [0.1, 0.15) is 17.0 Å². The van der Waals surface area contributed by atoms with Crippen LogP contribution in [0.25, 0.3) is 0 Å². The molecule has 6 nitrogen and oxygen atoms in total. The van der Waals surface area contributed by atoms with Crippen LogP contribution in [0.5, 0.6) is 11.5 Å². The van der Waals surface area contributed by atoms with Gasteiger partial charge in [-0.05, 0) is 43.7 Å². The lowest BCUT2D eigenvalue weighted by Crippen LogP contribution is -2.54. The third-order valence-electron chi connectivity index (χ3n) is 7.68. The number of rotatable bonds is 2. The molecule has 0 aromatic heterocycles. The van der Waals surface area contributed by atoms with Gasteiger partial charge in [0.15, 0.2) is 0 Å². The maximum absolute atomic E-state index is 14.3. The number of methoxy groups -OCH3 is 1. The second-order valence-electron chi connectivity index (χ2n) is 9.54. The zero-order valence-electron chi connectivity index (χ0n) is 19.4. The van der Waals surface area contributed by atoms with Crippen molar-refractivity contribution in [1.29, 1.82) is 0 Å². The molecule has 1 fully saturated rings. The van der Waals surface area contributed by atoms with Crippen LogP contribution >= 0.6 is 0 Å². The van der Waals surface area contributed by atoms with Gasteiger partial charge in [-0.15, -0.1) is 0 Å². The molecule has 0 spiro atoms. The molecule has 3 aliphatic rings. The third kappa shape index (κ3) is 2.74. The number of hydrogen-bond donors (Lipinski definition) is 1. The van der Waals surface area contributed by atoms with Crippen LogP contribution in [-0.4, -0.2) is 36.0 Å². The highest BCUT2D eigenvalue weighted by Crippen LogP contribution is 2.60. The molecule has 3 aromatic rings. The summed E-state index contributed by atoms with van der Waals surface area (Å²) < 4.78 is 11.6. The Balaban J connectivity index is 1.61. The first-order valence-corrected chi connectivity index (χ1v) is 11.5. The van der Waals surface area contributed by atoms with E-state index in [-0.39, 0.29) is 29.7 Å². The van der Waals surface area contributed by atoms with Gasteiger partial charge < -0.3 is 19.7 Å². The number of anilines is 1. The maximum Gasteiger partial charge on any atom is 0.257 e. The van der Waals surface area contributed by atoms with Crippen LogP contribution in [0.2, 0.25) is 0 Å². The molecule has 0 radical (unpaired) electrons. The number of nitrogens with zero attached hydrogens (tertiary/aromatic N) is 1. The van der Waals surface area contributed by atoms with E-state index in [4.69, 9.17) is 9.47 Å². The van der Waals surface area contributed by atoms with Crippen LogP contribution in [-0.2, 0) is 4.79 Å². The molecule has 2 amide bonds. The second kappa shape index (κ2) is 7.35. The van der Waals surface area contributed by atoms with Gasteiger partial charge in [0.05, 0.1) is 31.0 Å². The number of nitrogens with one attached hydrogen (secondary N) is 1. The van der Waals surface area contributed by atoms with Crippen LogP contribution in [0, 0.1) is 12.8 Å². The smallest absolute Gasteiger partial charge is 0.257 e. The van der Waals surface area contributed by atoms with Crippen molar-refractivity contribution >= 4 is 17.5 Å². The molecule has 0 aliphatic carbocycles. The summed E-state index contributed by atoms with van der Waals surface area (Å²) in [5.41, 5.74) is 2.86. The second-order valence-corrected chi connectivity index (χ2v) is 9.54. The van der Waals surface area contributed by atoms with Crippen molar-refractivity contribution in [3.05, 3.63) is 89.0 Å².